The molecule has 1 rings (SSSR count). The van der Waals surface area contributed by atoms with Crippen LogP contribution in [0.2, 0.25) is 0 Å². The van der Waals surface area contributed by atoms with Crippen LogP contribution >= 0.6 is 0 Å². The third-order valence-corrected chi connectivity index (χ3v) is 0.204. The van der Waals surface area contributed by atoms with Crippen molar-refractivity contribution in [2.45, 2.75) is 0 Å². The topological polar surface area (TPSA) is 92.9 Å². The van der Waals surface area contributed by atoms with Gasteiger partial charge in [-0.25, -0.2) is 5.14 Å². The van der Waals surface area contributed by atoms with Gasteiger partial charge in [-0.15, -0.1) is 0 Å². The Kier molecular flexibility index (Phi) is 2.91. The largest absolute Gasteiger partial charge is 0.377 e. The van der Waals surface area contributed by atoms with E-state index in [2.05, 4.69) is 9.88 Å². The van der Waals surface area contributed by atoms with Crippen molar-refractivity contribution in [1.29, 1.82) is 0 Å². The molecule has 0 aromatic carbocycles. The third kappa shape index (κ3) is 197. The summed E-state index contributed by atoms with van der Waals surface area (Å²) < 4.78 is 29.7. The van der Waals surface area contributed by atoms with E-state index in [1.807, 2.05) is 0 Å². The molecular weight excluding hydrogens is 134 g/mol. The van der Waals surface area contributed by atoms with Crippen molar-refractivity contribution >= 4 is 10.3 Å². The fraction of sp³-hybridized carbons (Fsp3) is 1.00. The number of epoxide rings is 1. The monoisotopic (exact) mass is 141 g/mol. The van der Waals surface area contributed by atoms with Crippen molar-refractivity contribution in [3.05, 3.63) is 0 Å². The molecule has 8 heavy (non-hydrogen) atoms. The van der Waals surface area contributed by atoms with Gasteiger partial charge in [-0.2, -0.15) is 8.42 Å². The molecule has 1 heterocycles. The van der Waals surface area contributed by atoms with Crippen molar-refractivity contribution in [3.8, 4) is 0 Å². The lowest BCUT2D eigenvalue weighted by Crippen LogP contribution is -2.08. The highest BCUT2D eigenvalue weighted by Gasteiger charge is 1.94. The average molecular weight is 141 g/mol. The summed E-state index contributed by atoms with van der Waals surface area (Å²) in [4.78, 5) is 0. The van der Waals surface area contributed by atoms with E-state index < -0.39 is 10.3 Å². The maximum Gasteiger partial charge on any atom is 0.330 e. The van der Waals surface area contributed by atoms with Gasteiger partial charge in [0.25, 0.3) is 0 Å². The summed E-state index contributed by atoms with van der Waals surface area (Å²) in [5.41, 5.74) is 0. The zero-order valence-electron chi connectivity index (χ0n) is 4.07. The van der Waals surface area contributed by atoms with Crippen LogP contribution < -0.4 is 5.14 Å². The first-order valence-corrected chi connectivity index (χ1v) is 3.33. The van der Waals surface area contributed by atoms with Gasteiger partial charge in [0.15, 0.2) is 0 Å². The number of hydrogen-bond acceptors (Lipinski definition) is 3. The summed E-state index contributed by atoms with van der Waals surface area (Å²) in [5, 5.41) is 3.88. The van der Waals surface area contributed by atoms with E-state index in [1.54, 1.807) is 0 Å². The van der Waals surface area contributed by atoms with Gasteiger partial charge < -0.3 is 4.74 Å². The molecule has 0 bridgehead atoms. The number of ether oxygens (including phenoxy) is 1. The molecule has 0 amide bonds. The van der Waals surface area contributed by atoms with Gasteiger partial charge >= 0.3 is 10.3 Å². The average Bonchev–Trinajstić information content (AvgIpc) is 1.95. The lowest BCUT2D eigenvalue weighted by atomic mass is 11.0. The van der Waals surface area contributed by atoms with Crippen LogP contribution in [-0.4, -0.2) is 26.2 Å². The van der Waals surface area contributed by atoms with Crippen LogP contribution in [0.3, 0.4) is 0 Å². The van der Waals surface area contributed by atoms with Crippen molar-refractivity contribution in [2.24, 2.45) is 5.14 Å². The molecule has 3 N–H and O–H groups in total. The molecule has 0 aromatic rings. The number of nitrogens with two attached hydrogens (primary N) is 1. The van der Waals surface area contributed by atoms with Crippen LogP contribution in [0.5, 0.6) is 0 Å². The van der Waals surface area contributed by atoms with Gasteiger partial charge in [0.05, 0.1) is 13.2 Å². The highest BCUT2D eigenvalue weighted by molar-refractivity contribution is 7.83. The molecule has 6 heteroatoms. The zero-order chi connectivity index (χ0) is 6.62. The van der Waals surface area contributed by atoms with Gasteiger partial charge in [0, 0.05) is 0 Å². The minimum atomic E-state index is -4.17. The molecule has 1 aliphatic rings. The second-order valence-corrected chi connectivity index (χ2v) is 2.16. The molecule has 1 aliphatic heterocycles. The first kappa shape index (κ1) is 7.83. The van der Waals surface area contributed by atoms with Gasteiger partial charge in [-0.3, -0.25) is 4.55 Å². The lowest BCUT2D eigenvalue weighted by molar-refractivity contribution is 0.475. The molecule has 50 valence electrons. The Morgan fingerprint density at radius 1 is 1.50 bits per heavy atom. The molecule has 0 spiro atoms. The predicted octanol–water partition coefficient (Wildman–Crippen LogP) is -1.24. The first-order valence-electron chi connectivity index (χ1n) is 1.83. The van der Waals surface area contributed by atoms with E-state index in [0.717, 1.165) is 13.2 Å². The Hall–Kier alpha value is -0.170. The van der Waals surface area contributed by atoms with Gasteiger partial charge in [-0.1, -0.05) is 0 Å². The summed E-state index contributed by atoms with van der Waals surface area (Å²) in [6, 6.07) is 0. The minimum Gasteiger partial charge on any atom is -0.377 e. The molecule has 0 atom stereocenters. The van der Waals surface area contributed by atoms with Crippen molar-refractivity contribution in [1.82, 2.24) is 0 Å². The Labute approximate surface area is 47.3 Å². The van der Waals surface area contributed by atoms with E-state index in [4.69, 9.17) is 13.0 Å². The summed E-state index contributed by atoms with van der Waals surface area (Å²) in [7, 11) is -4.17. The molecule has 0 aromatic heterocycles. The normalized spacial score (nSPS) is 16.2. The van der Waals surface area contributed by atoms with Crippen LogP contribution in [0.25, 0.3) is 0 Å². The standard InChI is InChI=1S/C2H4O.H3NO3S/c1-2-3-1;1-5(2,3)4/h1-2H2;(H3,1,2,3,4). The van der Waals surface area contributed by atoms with Gasteiger partial charge in [0.1, 0.15) is 0 Å². The third-order valence-electron chi connectivity index (χ3n) is 0.204. The van der Waals surface area contributed by atoms with Crippen molar-refractivity contribution < 1.29 is 17.7 Å². The van der Waals surface area contributed by atoms with E-state index in [0.29, 0.717) is 0 Å². The van der Waals surface area contributed by atoms with Crippen LogP contribution in [0.1, 0.15) is 0 Å². The molecule has 0 saturated carbocycles. The highest BCUT2D eigenvalue weighted by Crippen LogP contribution is 1.84. The Morgan fingerprint density at radius 3 is 1.62 bits per heavy atom. The Balaban J connectivity index is 0.000000135. The first-order chi connectivity index (χ1) is 3.50. The molecule has 0 aliphatic carbocycles. The molecule has 0 unspecified atom stereocenters. The highest BCUT2D eigenvalue weighted by atomic mass is 32.2. The second-order valence-electron chi connectivity index (χ2n) is 1.13. The van der Waals surface area contributed by atoms with Crippen LogP contribution in [-0.2, 0) is 15.0 Å². The summed E-state index contributed by atoms with van der Waals surface area (Å²) in [5.74, 6) is 0. The van der Waals surface area contributed by atoms with Gasteiger partial charge in [-0.05, 0) is 0 Å². The van der Waals surface area contributed by atoms with E-state index in [1.165, 1.54) is 0 Å². The smallest absolute Gasteiger partial charge is 0.330 e. The van der Waals surface area contributed by atoms with Crippen LogP contribution in [0.15, 0.2) is 0 Å². The van der Waals surface area contributed by atoms with Crippen molar-refractivity contribution in [3.63, 3.8) is 0 Å². The SMILES string of the molecule is C1CO1.NS(=O)(=O)O. The molecule has 0 radical (unpaired) electrons. The maximum absolute atomic E-state index is 8.97. The summed E-state index contributed by atoms with van der Waals surface area (Å²) >= 11 is 0. The maximum atomic E-state index is 8.97. The quantitative estimate of drug-likeness (QED) is 0.326. The fourth-order valence-corrected chi connectivity index (χ4v) is 0. The summed E-state index contributed by atoms with van der Waals surface area (Å²) in [6.07, 6.45) is 0. The van der Waals surface area contributed by atoms with Crippen molar-refractivity contribution in [2.75, 3.05) is 13.2 Å². The van der Waals surface area contributed by atoms with Crippen LogP contribution in [0, 0.1) is 0 Å². The number of rotatable bonds is 0. The molecular formula is C2H7NO4S. The van der Waals surface area contributed by atoms with E-state index in [-0.39, 0.29) is 0 Å². The zero-order valence-corrected chi connectivity index (χ0v) is 4.89. The minimum absolute atomic E-state index is 1.00. The predicted molar refractivity (Wildman–Crippen MR) is 26.6 cm³/mol. The van der Waals surface area contributed by atoms with Gasteiger partial charge in [0.2, 0.25) is 0 Å². The second kappa shape index (κ2) is 2.98. The van der Waals surface area contributed by atoms with Crippen LogP contribution in [0.4, 0.5) is 0 Å². The Bertz CT molecular complexity index is 125. The lowest BCUT2D eigenvalue weighted by Gasteiger charge is -1.70. The Morgan fingerprint density at radius 2 is 1.62 bits per heavy atom. The molecule has 1 fully saturated rings. The molecule has 5 nitrogen and oxygen atoms in total. The summed E-state index contributed by atoms with van der Waals surface area (Å²) in [6.45, 7) is 2.00. The fourth-order valence-electron chi connectivity index (χ4n) is 0. The van der Waals surface area contributed by atoms with E-state index >= 15 is 0 Å². The molecule has 1 saturated heterocycles. The number of hydrogen-bond donors (Lipinski definition) is 2. The van der Waals surface area contributed by atoms with E-state index in [9.17, 15) is 0 Å².